The summed E-state index contributed by atoms with van der Waals surface area (Å²) >= 11 is 0. The fourth-order valence-corrected chi connectivity index (χ4v) is 4.00. The molecule has 3 aliphatic heterocycles. The van der Waals surface area contributed by atoms with E-state index in [1.54, 1.807) is 16.5 Å². The summed E-state index contributed by atoms with van der Waals surface area (Å²) < 4.78 is 52.5. The number of likely N-dealkylation sites (tertiary alicyclic amines) is 1. The molecular formula is C20H20F4N4O2. The quantitative estimate of drug-likeness (QED) is 0.435. The topological polar surface area (TPSA) is 68.2 Å². The minimum Gasteiger partial charge on any atom is -0.360 e. The van der Waals surface area contributed by atoms with Crippen LogP contribution in [0, 0.1) is 5.82 Å². The first-order chi connectivity index (χ1) is 14.3. The van der Waals surface area contributed by atoms with Crippen LogP contribution in [0.4, 0.5) is 23.2 Å². The number of hydrogen-bond acceptors (Lipinski definition) is 5. The summed E-state index contributed by atoms with van der Waals surface area (Å²) in [6, 6.07) is 2.72. The van der Waals surface area contributed by atoms with Crippen LogP contribution in [0.2, 0.25) is 0 Å². The Labute approximate surface area is 170 Å². The number of anilines is 1. The van der Waals surface area contributed by atoms with E-state index in [9.17, 15) is 22.4 Å². The fraction of sp³-hybridized carbons (Fsp3) is 0.400. The maximum Gasteiger partial charge on any atom is 0.416 e. The zero-order valence-corrected chi connectivity index (χ0v) is 15.9. The number of amides is 1. The number of allylic oxidation sites excluding steroid dienone is 1. The summed E-state index contributed by atoms with van der Waals surface area (Å²) in [6.45, 7) is 1.06. The molecule has 30 heavy (non-hydrogen) atoms. The first kappa shape index (κ1) is 20.4. The van der Waals surface area contributed by atoms with Gasteiger partial charge in [-0.2, -0.15) is 13.2 Å². The number of halogens is 4. The molecule has 0 radical (unpaired) electrons. The number of nitrogens with zero attached hydrogens (tertiary/aromatic N) is 3. The maximum atomic E-state index is 14.3. The summed E-state index contributed by atoms with van der Waals surface area (Å²) in [5.74, 6) is -0.726. The molecule has 3 heterocycles. The highest BCUT2D eigenvalue weighted by molar-refractivity contribution is 5.96. The van der Waals surface area contributed by atoms with Gasteiger partial charge >= 0.3 is 6.18 Å². The number of carbonyl (C=O) groups excluding carboxylic acids is 1. The van der Waals surface area contributed by atoms with Crippen LogP contribution in [0.3, 0.4) is 0 Å². The van der Waals surface area contributed by atoms with Gasteiger partial charge in [-0.1, -0.05) is 12.2 Å². The third-order valence-corrected chi connectivity index (χ3v) is 5.71. The summed E-state index contributed by atoms with van der Waals surface area (Å²) in [4.78, 5) is 20.0. The van der Waals surface area contributed by atoms with Crippen LogP contribution < -0.4 is 10.4 Å². The normalized spacial score (nSPS) is 26.6. The molecule has 1 amide bonds. The van der Waals surface area contributed by atoms with Crippen LogP contribution in [-0.2, 0) is 11.0 Å². The number of rotatable bonds is 2. The number of alkyl halides is 3. The lowest BCUT2D eigenvalue weighted by Crippen LogP contribution is -2.80. The number of hydrogen-bond donors (Lipinski definition) is 2. The molecule has 10 heteroatoms. The smallest absolute Gasteiger partial charge is 0.360 e. The van der Waals surface area contributed by atoms with Crippen LogP contribution in [0.5, 0.6) is 0 Å². The van der Waals surface area contributed by atoms with E-state index in [2.05, 4.69) is 9.89 Å². The maximum absolute atomic E-state index is 14.3. The van der Waals surface area contributed by atoms with Crippen LogP contribution in [0.25, 0.3) is 0 Å². The molecule has 2 saturated heterocycles. The Kier molecular flexibility index (Phi) is 5.27. The predicted octanol–water partition coefficient (Wildman–Crippen LogP) is 3.25. The van der Waals surface area contributed by atoms with Crippen LogP contribution >= 0.6 is 0 Å². The summed E-state index contributed by atoms with van der Waals surface area (Å²) in [5.41, 5.74) is 0.995. The molecule has 4 rings (SSSR count). The molecule has 0 saturated carbocycles. The van der Waals surface area contributed by atoms with Crippen molar-refractivity contribution in [1.29, 1.82) is 0 Å². The number of piperazine rings is 1. The second-order valence-electron chi connectivity index (χ2n) is 7.47. The van der Waals surface area contributed by atoms with Crippen molar-refractivity contribution < 1.29 is 27.6 Å². The highest BCUT2D eigenvalue weighted by atomic mass is 19.4. The molecular weight excluding hydrogens is 404 g/mol. The van der Waals surface area contributed by atoms with Crippen molar-refractivity contribution in [3.8, 4) is 0 Å². The van der Waals surface area contributed by atoms with Crippen molar-refractivity contribution in [2.24, 2.45) is 4.99 Å². The molecule has 1 aromatic carbocycles. The molecule has 3 aliphatic rings. The van der Waals surface area contributed by atoms with E-state index in [4.69, 9.17) is 5.21 Å². The first-order valence-corrected chi connectivity index (χ1v) is 9.57. The summed E-state index contributed by atoms with van der Waals surface area (Å²) in [5, 5.41) is 8.83. The zero-order chi connectivity index (χ0) is 21.5. The molecule has 2 N–H and O–H groups in total. The van der Waals surface area contributed by atoms with Crippen molar-refractivity contribution in [3.05, 3.63) is 53.5 Å². The van der Waals surface area contributed by atoms with Gasteiger partial charge in [-0.25, -0.2) is 14.9 Å². The van der Waals surface area contributed by atoms with Crippen molar-refractivity contribution in [2.45, 2.75) is 37.5 Å². The molecule has 0 bridgehead atoms. The molecule has 6 nitrogen and oxygen atoms in total. The summed E-state index contributed by atoms with van der Waals surface area (Å²) in [7, 11) is 0. The Morgan fingerprint density at radius 2 is 1.93 bits per heavy atom. The van der Waals surface area contributed by atoms with Crippen molar-refractivity contribution in [1.82, 2.24) is 10.4 Å². The summed E-state index contributed by atoms with van der Waals surface area (Å²) in [6.07, 6.45) is 2.57. The molecule has 2 fully saturated rings. The standard InChI is InChI=1S/C20H20F4N4O2/c21-14-8-13(20(22,23)24)6-7-15(14)27-10-17-16(27)11-28(17)18-5-3-1-2-4-12(9-25-18)19(29)26-30/h2,4,6-9,16-17,30H,1,3,5,10-11H2,(H,26,29)/b4-2-,12-9+,25-18?/t16-,17?/m1/s1. The molecule has 0 spiro atoms. The number of hydroxylamine groups is 1. The zero-order valence-electron chi connectivity index (χ0n) is 15.9. The highest BCUT2D eigenvalue weighted by Crippen LogP contribution is 2.40. The second-order valence-corrected chi connectivity index (χ2v) is 7.47. The molecule has 1 aromatic rings. The van der Waals surface area contributed by atoms with E-state index < -0.39 is 23.5 Å². The Balaban J connectivity index is 1.46. The predicted molar refractivity (Wildman–Crippen MR) is 101 cm³/mol. The number of benzene rings is 1. The van der Waals surface area contributed by atoms with Gasteiger partial charge in [0, 0.05) is 25.7 Å². The molecule has 2 atom stereocenters. The number of aliphatic imine (C=N–C) groups is 1. The lowest BCUT2D eigenvalue weighted by molar-refractivity contribution is -0.137. The van der Waals surface area contributed by atoms with Crippen molar-refractivity contribution in [2.75, 3.05) is 18.0 Å². The van der Waals surface area contributed by atoms with Gasteiger partial charge in [0.1, 0.15) is 11.7 Å². The van der Waals surface area contributed by atoms with Gasteiger partial charge in [-0.3, -0.25) is 10.0 Å². The largest absolute Gasteiger partial charge is 0.416 e. The molecule has 0 aromatic heterocycles. The lowest BCUT2D eigenvalue weighted by Gasteiger charge is -2.63. The van der Waals surface area contributed by atoms with E-state index in [0.29, 0.717) is 25.6 Å². The third-order valence-electron chi connectivity index (χ3n) is 5.71. The minimum atomic E-state index is -4.58. The molecule has 160 valence electrons. The average Bonchev–Trinajstić information content (AvgIpc) is 2.81. The molecule has 1 unspecified atom stereocenters. The van der Waals surface area contributed by atoms with Crippen LogP contribution in [-0.4, -0.2) is 47.0 Å². The second kappa shape index (κ2) is 7.75. The van der Waals surface area contributed by atoms with Gasteiger partial charge in [0.05, 0.1) is 28.9 Å². The van der Waals surface area contributed by atoms with Gasteiger partial charge in [0.15, 0.2) is 0 Å². The number of amidine groups is 1. The first-order valence-electron chi connectivity index (χ1n) is 9.57. The number of fused-ring (bicyclic) bond motifs is 1. The van der Waals surface area contributed by atoms with E-state index in [1.165, 1.54) is 12.3 Å². The Hall–Kier alpha value is -2.88. The number of carbonyl (C=O) groups is 1. The Bertz CT molecular complexity index is 941. The van der Waals surface area contributed by atoms with Gasteiger partial charge in [-0.05, 0) is 31.0 Å². The van der Waals surface area contributed by atoms with Crippen LogP contribution in [0.1, 0.15) is 24.8 Å². The Morgan fingerprint density at radius 3 is 2.57 bits per heavy atom. The van der Waals surface area contributed by atoms with Gasteiger partial charge in [0.2, 0.25) is 0 Å². The SMILES string of the molecule is O=C(NO)C1=C/N=C(N2C[C@@H]3C2CN3c2ccc(C(F)(F)F)cc2F)CCC/C=C\1. The van der Waals surface area contributed by atoms with E-state index in [1.807, 2.05) is 6.08 Å². The van der Waals surface area contributed by atoms with Gasteiger partial charge < -0.3 is 9.80 Å². The Morgan fingerprint density at radius 1 is 1.20 bits per heavy atom. The van der Waals surface area contributed by atoms with E-state index in [-0.39, 0.29) is 23.3 Å². The average molecular weight is 424 g/mol. The van der Waals surface area contributed by atoms with Crippen molar-refractivity contribution in [3.63, 3.8) is 0 Å². The molecule has 0 aliphatic carbocycles. The monoisotopic (exact) mass is 424 g/mol. The van der Waals surface area contributed by atoms with Crippen LogP contribution in [0.15, 0.2) is 47.1 Å². The number of nitrogens with one attached hydrogen (secondary N) is 1. The van der Waals surface area contributed by atoms with E-state index in [0.717, 1.165) is 24.7 Å². The van der Waals surface area contributed by atoms with Gasteiger partial charge in [0.25, 0.3) is 5.91 Å². The van der Waals surface area contributed by atoms with Crippen molar-refractivity contribution >= 4 is 17.4 Å². The lowest BCUT2D eigenvalue weighted by atomic mass is 9.84. The third kappa shape index (κ3) is 3.67. The minimum absolute atomic E-state index is 0.00822. The van der Waals surface area contributed by atoms with Gasteiger partial charge in [-0.15, -0.1) is 0 Å². The fourth-order valence-electron chi connectivity index (χ4n) is 4.00. The highest BCUT2D eigenvalue weighted by Gasteiger charge is 2.53. The van der Waals surface area contributed by atoms with E-state index >= 15 is 0 Å².